The highest BCUT2D eigenvalue weighted by molar-refractivity contribution is 5.97. The van der Waals surface area contributed by atoms with E-state index in [1.807, 2.05) is 31.2 Å². The summed E-state index contributed by atoms with van der Waals surface area (Å²) >= 11 is 0. The fourth-order valence-electron chi connectivity index (χ4n) is 3.05. The molecule has 0 bridgehead atoms. The van der Waals surface area contributed by atoms with Crippen molar-refractivity contribution in [1.82, 2.24) is 10.6 Å². The first kappa shape index (κ1) is 19.7. The molecule has 0 aliphatic carbocycles. The Bertz CT molecular complexity index is 818. The fraction of sp³-hybridized carbons (Fsp3) is 0.364. The highest BCUT2D eigenvalue weighted by atomic mass is 16.5. The standard InChI is InChI=1S/C22H28N4O2/c1-3-23-22(25-15-18-11-9-17(2)10-12-18)24-13-6-14-26-19-7-4-5-8-20(19)28-16-21(26)27/h4-5,7-12H,3,6,13-16H2,1-2H3,(H2,23,24,25). The zero-order valence-electron chi connectivity index (χ0n) is 16.6. The highest BCUT2D eigenvalue weighted by Crippen LogP contribution is 2.31. The van der Waals surface area contributed by atoms with Crippen molar-refractivity contribution in [2.45, 2.75) is 26.8 Å². The largest absolute Gasteiger partial charge is 0.482 e. The monoisotopic (exact) mass is 380 g/mol. The molecule has 0 radical (unpaired) electrons. The number of nitrogens with zero attached hydrogens (tertiary/aromatic N) is 2. The molecule has 0 saturated heterocycles. The Morgan fingerprint density at radius 3 is 2.71 bits per heavy atom. The molecule has 148 valence electrons. The van der Waals surface area contributed by atoms with Gasteiger partial charge in [0.05, 0.1) is 12.2 Å². The molecule has 2 N–H and O–H groups in total. The van der Waals surface area contributed by atoms with E-state index in [9.17, 15) is 4.79 Å². The molecule has 0 fully saturated rings. The van der Waals surface area contributed by atoms with E-state index in [4.69, 9.17) is 4.74 Å². The van der Waals surface area contributed by atoms with Gasteiger partial charge in [-0.2, -0.15) is 0 Å². The van der Waals surface area contributed by atoms with Crippen LogP contribution in [-0.2, 0) is 11.3 Å². The Morgan fingerprint density at radius 2 is 1.93 bits per heavy atom. The van der Waals surface area contributed by atoms with Gasteiger partial charge in [0.25, 0.3) is 5.91 Å². The van der Waals surface area contributed by atoms with Crippen LogP contribution in [0.5, 0.6) is 5.75 Å². The number of carbonyl (C=O) groups excluding carboxylic acids is 1. The van der Waals surface area contributed by atoms with Crippen molar-refractivity contribution in [1.29, 1.82) is 0 Å². The maximum Gasteiger partial charge on any atom is 0.265 e. The number of carbonyl (C=O) groups is 1. The number of aliphatic imine (C=N–C) groups is 1. The number of fused-ring (bicyclic) bond motifs is 1. The summed E-state index contributed by atoms with van der Waals surface area (Å²) < 4.78 is 5.49. The van der Waals surface area contributed by atoms with E-state index in [1.165, 1.54) is 11.1 Å². The zero-order valence-corrected chi connectivity index (χ0v) is 16.6. The molecule has 1 aliphatic rings. The van der Waals surface area contributed by atoms with Gasteiger partial charge in [0, 0.05) is 19.6 Å². The molecule has 0 saturated carbocycles. The minimum atomic E-state index is -0.00125. The number of rotatable bonds is 7. The fourth-order valence-corrected chi connectivity index (χ4v) is 3.05. The topological polar surface area (TPSA) is 66.0 Å². The smallest absolute Gasteiger partial charge is 0.265 e. The number of hydrogen-bond acceptors (Lipinski definition) is 3. The first-order valence-corrected chi connectivity index (χ1v) is 9.77. The van der Waals surface area contributed by atoms with Gasteiger partial charge in [-0.1, -0.05) is 42.0 Å². The van der Waals surface area contributed by atoms with E-state index in [0.717, 1.165) is 36.9 Å². The lowest BCUT2D eigenvalue weighted by molar-refractivity contribution is -0.121. The maximum atomic E-state index is 12.2. The van der Waals surface area contributed by atoms with Gasteiger partial charge < -0.3 is 20.3 Å². The van der Waals surface area contributed by atoms with Crippen LogP contribution in [0, 0.1) is 6.92 Å². The third kappa shape index (κ3) is 5.25. The predicted molar refractivity (Wildman–Crippen MR) is 113 cm³/mol. The van der Waals surface area contributed by atoms with Crippen molar-refractivity contribution >= 4 is 17.6 Å². The van der Waals surface area contributed by atoms with E-state index in [1.54, 1.807) is 4.90 Å². The predicted octanol–water partition coefficient (Wildman–Crippen LogP) is 2.87. The van der Waals surface area contributed by atoms with Gasteiger partial charge in [-0.05, 0) is 38.0 Å². The number of ether oxygens (including phenoxy) is 1. The second-order valence-corrected chi connectivity index (χ2v) is 6.76. The Hall–Kier alpha value is -3.02. The van der Waals surface area contributed by atoms with Crippen molar-refractivity contribution in [3.8, 4) is 5.75 Å². The van der Waals surface area contributed by atoms with Crippen LogP contribution in [0.2, 0.25) is 0 Å². The molecule has 0 atom stereocenters. The second-order valence-electron chi connectivity index (χ2n) is 6.76. The third-order valence-corrected chi connectivity index (χ3v) is 4.54. The molecule has 0 aromatic heterocycles. The maximum absolute atomic E-state index is 12.2. The van der Waals surface area contributed by atoms with Crippen molar-refractivity contribution in [3.63, 3.8) is 0 Å². The summed E-state index contributed by atoms with van der Waals surface area (Å²) in [5, 5.41) is 6.62. The second kappa shape index (κ2) is 9.78. The van der Waals surface area contributed by atoms with Crippen LogP contribution >= 0.6 is 0 Å². The lowest BCUT2D eigenvalue weighted by atomic mass is 10.1. The van der Waals surface area contributed by atoms with Gasteiger partial charge in [0.15, 0.2) is 12.6 Å². The number of benzene rings is 2. The molecular formula is C22H28N4O2. The first-order chi connectivity index (χ1) is 13.7. The minimum Gasteiger partial charge on any atom is -0.482 e. The summed E-state index contributed by atoms with van der Waals surface area (Å²) in [4.78, 5) is 18.7. The Labute approximate surface area is 166 Å². The van der Waals surface area contributed by atoms with Crippen molar-refractivity contribution in [2.24, 2.45) is 4.99 Å². The van der Waals surface area contributed by atoms with E-state index < -0.39 is 0 Å². The molecule has 0 unspecified atom stereocenters. The summed E-state index contributed by atoms with van der Waals surface area (Å²) in [5.41, 5.74) is 3.27. The normalized spacial score (nSPS) is 13.7. The highest BCUT2D eigenvalue weighted by Gasteiger charge is 2.24. The van der Waals surface area contributed by atoms with Crippen LogP contribution in [0.4, 0.5) is 5.69 Å². The van der Waals surface area contributed by atoms with Crippen LogP contribution in [0.3, 0.4) is 0 Å². The van der Waals surface area contributed by atoms with E-state index >= 15 is 0 Å². The van der Waals surface area contributed by atoms with E-state index in [2.05, 4.69) is 46.8 Å². The molecule has 6 nitrogen and oxygen atoms in total. The zero-order chi connectivity index (χ0) is 19.8. The van der Waals surface area contributed by atoms with Gasteiger partial charge in [-0.25, -0.2) is 4.99 Å². The molecule has 3 rings (SSSR count). The van der Waals surface area contributed by atoms with E-state index in [-0.39, 0.29) is 12.5 Å². The van der Waals surface area contributed by atoms with Gasteiger partial charge in [-0.15, -0.1) is 0 Å². The minimum absolute atomic E-state index is 0.00125. The lowest BCUT2D eigenvalue weighted by Gasteiger charge is -2.29. The number of anilines is 1. The van der Waals surface area contributed by atoms with Gasteiger partial charge in [-0.3, -0.25) is 4.79 Å². The molecule has 1 heterocycles. The van der Waals surface area contributed by atoms with Crippen LogP contribution < -0.4 is 20.3 Å². The Balaban J connectivity index is 1.51. The molecule has 2 aromatic carbocycles. The summed E-state index contributed by atoms with van der Waals surface area (Å²) in [6.07, 6.45) is 0.815. The molecule has 6 heteroatoms. The van der Waals surface area contributed by atoms with Crippen molar-refractivity contribution in [2.75, 3.05) is 31.1 Å². The molecular weight excluding hydrogens is 352 g/mol. The number of nitrogens with one attached hydrogen (secondary N) is 2. The molecule has 2 aromatic rings. The Kier molecular flexibility index (Phi) is 6.89. The average Bonchev–Trinajstić information content (AvgIpc) is 2.71. The molecule has 1 aliphatic heterocycles. The summed E-state index contributed by atoms with van der Waals surface area (Å²) in [7, 11) is 0. The van der Waals surface area contributed by atoms with Crippen LogP contribution in [0.15, 0.2) is 53.5 Å². The van der Waals surface area contributed by atoms with Crippen LogP contribution in [0.25, 0.3) is 0 Å². The lowest BCUT2D eigenvalue weighted by Crippen LogP contribution is -2.42. The van der Waals surface area contributed by atoms with E-state index in [0.29, 0.717) is 13.1 Å². The van der Waals surface area contributed by atoms with Crippen molar-refractivity contribution < 1.29 is 9.53 Å². The van der Waals surface area contributed by atoms with Crippen LogP contribution in [-0.4, -0.2) is 38.1 Å². The van der Waals surface area contributed by atoms with Gasteiger partial charge in [0.2, 0.25) is 0 Å². The van der Waals surface area contributed by atoms with Crippen LogP contribution in [0.1, 0.15) is 24.5 Å². The van der Waals surface area contributed by atoms with Gasteiger partial charge >= 0.3 is 0 Å². The van der Waals surface area contributed by atoms with Crippen molar-refractivity contribution in [3.05, 3.63) is 59.7 Å². The number of aryl methyl sites for hydroxylation is 1. The SMILES string of the molecule is CCNC(=NCc1ccc(C)cc1)NCCCN1C(=O)COc2ccccc21. The Morgan fingerprint density at radius 1 is 1.14 bits per heavy atom. The number of hydrogen-bond donors (Lipinski definition) is 2. The third-order valence-electron chi connectivity index (χ3n) is 4.54. The number of guanidine groups is 1. The summed E-state index contributed by atoms with van der Waals surface area (Å²) in [5.74, 6) is 1.55. The average molecular weight is 380 g/mol. The molecule has 1 amide bonds. The molecule has 0 spiro atoms. The summed E-state index contributed by atoms with van der Waals surface area (Å²) in [6.45, 7) is 7.03. The number of amides is 1. The van der Waals surface area contributed by atoms with Gasteiger partial charge in [0.1, 0.15) is 5.75 Å². The number of para-hydroxylation sites is 2. The quantitative estimate of drug-likeness (QED) is 0.440. The first-order valence-electron chi connectivity index (χ1n) is 9.77. The molecule has 28 heavy (non-hydrogen) atoms. The summed E-state index contributed by atoms with van der Waals surface area (Å²) in [6, 6.07) is 16.1.